The number of halogens is 1. The molecule has 19 heavy (non-hydrogen) atoms. The van der Waals surface area contributed by atoms with E-state index < -0.39 is 0 Å². The molecule has 2 atom stereocenters. The molecule has 1 nitrogen and oxygen atoms in total. The van der Waals surface area contributed by atoms with Crippen LogP contribution in [0.3, 0.4) is 0 Å². The first kappa shape index (κ1) is 16.7. The number of ether oxygens (including phenoxy) is 1. The first-order chi connectivity index (χ1) is 9.17. The number of rotatable bonds is 9. The molecule has 0 bridgehead atoms. The van der Waals surface area contributed by atoms with Gasteiger partial charge in [0.2, 0.25) is 0 Å². The van der Waals surface area contributed by atoms with Crippen LogP contribution in [0.2, 0.25) is 0 Å². The van der Waals surface area contributed by atoms with Crippen LogP contribution in [-0.4, -0.2) is 11.4 Å². The Morgan fingerprint density at radius 2 is 2.00 bits per heavy atom. The van der Waals surface area contributed by atoms with Crippen LogP contribution in [0.15, 0.2) is 24.3 Å². The summed E-state index contributed by atoms with van der Waals surface area (Å²) in [4.78, 5) is 0. The summed E-state index contributed by atoms with van der Waals surface area (Å²) in [5.41, 5.74) is 2.57. The maximum atomic E-state index is 6.17. The molecule has 2 heteroatoms. The largest absolute Gasteiger partial charge is 0.370 e. The van der Waals surface area contributed by atoms with Gasteiger partial charge in [-0.3, -0.25) is 0 Å². The minimum absolute atomic E-state index is 0.168. The fourth-order valence-corrected chi connectivity index (χ4v) is 2.81. The third-order valence-electron chi connectivity index (χ3n) is 3.41. The van der Waals surface area contributed by atoms with E-state index in [1.807, 2.05) is 0 Å². The van der Waals surface area contributed by atoms with E-state index in [4.69, 9.17) is 4.74 Å². The van der Waals surface area contributed by atoms with Crippen LogP contribution in [0.25, 0.3) is 0 Å². The molecular formula is C17H27BrO. The molecule has 0 saturated carbocycles. The topological polar surface area (TPSA) is 9.23 Å². The first-order valence-corrected chi connectivity index (χ1v) is 8.57. The van der Waals surface area contributed by atoms with Crippen LogP contribution >= 0.6 is 15.9 Å². The zero-order valence-electron chi connectivity index (χ0n) is 12.5. The van der Waals surface area contributed by atoms with Gasteiger partial charge in [0.15, 0.2) is 0 Å². The molecule has 0 fully saturated rings. The highest BCUT2D eigenvalue weighted by Crippen LogP contribution is 2.24. The first-order valence-electron chi connectivity index (χ1n) is 7.45. The van der Waals surface area contributed by atoms with Gasteiger partial charge in [-0.1, -0.05) is 78.4 Å². The van der Waals surface area contributed by atoms with Gasteiger partial charge in [0, 0.05) is 5.33 Å². The lowest BCUT2D eigenvalue weighted by Crippen LogP contribution is -2.15. The number of aryl methyl sites for hydroxylation is 1. The van der Waals surface area contributed by atoms with Gasteiger partial charge in [0.05, 0.1) is 12.2 Å². The molecule has 1 aromatic carbocycles. The molecule has 0 aliphatic rings. The SMILES string of the molecule is CCCCCCC(C)OC(CBr)c1cccc(C)c1. The number of alkyl halides is 1. The van der Waals surface area contributed by atoms with E-state index in [1.54, 1.807) is 0 Å². The summed E-state index contributed by atoms with van der Waals surface area (Å²) in [7, 11) is 0. The van der Waals surface area contributed by atoms with Gasteiger partial charge >= 0.3 is 0 Å². The molecule has 1 aromatic rings. The van der Waals surface area contributed by atoms with Gasteiger partial charge in [-0.2, -0.15) is 0 Å². The van der Waals surface area contributed by atoms with Gasteiger partial charge in [0.25, 0.3) is 0 Å². The van der Waals surface area contributed by atoms with E-state index in [2.05, 4.69) is 61.0 Å². The number of unbranched alkanes of at least 4 members (excludes halogenated alkanes) is 3. The molecule has 0 aliphatic carbocycles. The van der Waals surface area contributed by atoms with Crippen molar-refractivity contribution in [1.29, 1.82) is 0 Å². The van der Waals surface area contributed by atoms with E-state index >= 15 is 0 Å². The summed E-state index contributed by atoms with van der Waals surface area (Å²) in [5.74, 6) is 0. The van der Waals surface area contributed by atoms with E-state index in [0.29, 0.717) is 6.10 Å². The zero-order valence-corrected chi connectivity index (χ0v) is 14.1. The smallest absolute Gasteiger partial charge is 0.0925 e. The van der Waals surface area contributed by atoms with Crippen LogP contribution in [0.1, 0.15) is 63.2 Å². The quantitative estimate of drug-likeness (QED) is 0.411. The van der Waals surface area contributed by atoms with Gasteiger partial charge in [-0.15, -0.1) is 0 Å². The number of hydrogen-bond acceptors (Lipinski definition) is 1. The van der Waals surface area contributed by atoms with Crippen molar-refractivity contribution < 1.29 is 4.74 Å². The highest BCUT2D eigenvalue weighted by Gasteiger charge is 2.14. The molecule has 108 valence electrons. The van der Waals surface area contributed by atoms with Crippen molar-refractivity contribution in [3.63, 3.8) is 0 Å². The second-order valence-electron chi connectivity index (χ2n) is 5.35. The van der Waals surface area contributed by atoms with Crippen LogP contribution < -0.4 is 0 Å². The average molecular weight is 327 g/mol. The lowest BCUT2D eigenvalue weighted by Gasteiger charge is -2.21. The van der Waals surface area contributed by atoms with E-state index in [0.717, 1.165) is 11.8 Å². The minimum Gasteiger partial charge on any atom is -0.370 e. The molecule has 0 spiro atoms. The Labute approximate surface area is 126 Å². The monoisotopic (exact) mass is 326 g/mol. The van der Waals surface area contributed by atoms with E-state index in [1.165, 1.54) is 36.8 Å². The van der Waals surface area contributed by atoms with Crippen molar-refractivity contribution in [2.45, 2.75) is 65.1 Å². The van der Waals surface area contributed by atoms with E-state index in [-0.39, 0.29) is 6.10 Å². The summed E-state index contributed by atoms with van der Waals surface area (Å²) in [6, 6.07) is 8.61. The highest BCUT2D eigenvalue weighted by molar-refractivity contribution is 9.09. The van der Waals surface area contributed by atoms with Crippen molar-refractivity contribution in [2.75, 3.05) is 5.33 Å². The van der Waals surface area contributed by atoms with Crippen molar-refractivity contribution in [3.05, 3.63) is 35.4 Å². The summed E-state index contributed by atoms with van der Waals surface area (Å²) in [6.07, 6.45) is 6.90. The van der Waals surface area contributed by atoms with E-state index in [9.17, 15) is 0 Å². The summed E-state index contributed by atoms with van der Waals surface area (Å²) >= 11 is 3.57. The van der Waals surface area contributed by atoms with Crippen LogP contribution in [0.5, 0.6) is 0 Å². The summed E-state index contributed by atoms with van der Waals surface area (Å²) in [6.45, 7) is 6.57. The summed E-state index contributed by atoms with van der Waals surface area (Å²) < 4.78 is 6.17. The zero-order chi connectivity index (χ0) is 14.1. The standard InChI is InChI=1S/C17H27BrO/c1-4-5-6-7-10-15(3)19-17(13-18)16-11-8-9-14(2)12-16/h8-9,11-12,15,17H,4-7,10,13H2,1-3H3. The van der Waals surface area contributed by atoms with Crippen molar-refractivity contribution >= 4 is 15.9 Å². The van der Waals surface area contributed by atoms with Crippen molar-refractivity contribution in [1.82, 2.24) is 0 Å². The predicted octanol–water partition coefficient (Wildman–Crippen LogP) is 5.81. The molecule has 0 amide bonds. The second kappa shape index (κ2) is 9.55. The fourth-order valence-electron chi connectivity index (χ4n) is 2.28. The Morgan fingerprint density at radius 3 is 2.63 bits per heavy atom. The molecule has 0 aromatic heterocycles. The van der Waals surface area contributed by atoms with Crippen LogP contribution in [0, 0.1) is 6.92 Å². The lowest BCUT2D eigenvalue weighted by atomic mass is 10.1. The van der Waals surface area contributed by atoms with Gasteiger partial charge in [-0.25, -0.2) is 0 Å². The lowest BCUT2D eigenvalue weighted by molar-refractivity contribution is 0.00490. The normalized spacial score (nSPS) is 14.3. The van der Waals surface area contributed by atoms with Crippen molar-refractivity contribution in [2.24, 2.45) is 0 Å². The van der Waals surface area contributed by atoms with Crippen LogP contribution in [-0.2, 0) is 4.74 Å². The third-order valence-corrected chi connectivity index (χ3v) is 4.00. The molecule has 0 N–H and O–H groups in total. The maximum Gasteiger partial charge on any atom is 0.0925 e. The Morgan fingerprint density at radius 1 is 1.21 bits per heavy atom. The Kier molecular flexibility index (Phi) is 8.40. The van der Waals surface area contributed by atoms with Gasteiger partial charge in [-0.05, 0) is 25.8 Å². The Balaban J connectivity index is 2.43. The predicted molar refractivity (Wildman–Crippen MR) is 87.0 cm³/mol. The summed E-state index contributed by atoms with van der Waals surface area (Å²) in [5, 5.41) is 0.857. The van der Waals surface area contributed by atoms with Crippen LogP contribution in [0.4, 0.5) is 0 Å². The number of hydrogen-bond donors (Lipinski definition) is 0. The van der Waals surface area contributed by atoms with Gasteiger partial charge < -0.3 is 4.74 Å². The fraction of sp³-hybridized carbons (Fsp3) is 0.647. The molecule has 0 aliphatic heterocycles. The third kappa shape index (κ3) is 6.58. The minimum atomic E-state index is 0.168. The highest BCUT2D eigenvalue weighted by atomic mass is 79.9. The maximum absolute atomic E-state index is 6.17. The average Bonchev–Trinajstić information content (AvgIpc) is 2.41. The molecule has 0 radical (unpaired) electrons. The Hall–Kier alpha value is -0.340. The number of benzene rings is 1. The molecule has 1 rings (SSSR count). The molecular weight excluding hydrogens is 300 g/mol. The van der Waals surface area contributed by atoms with Gasteiger partial charge in [0.1, 0.15) is 0 Å². The molecule has 2 unspecified atom stereocenters. The van der Waals surface area contributed by atoms with Crippen molar-refractivity contribution in [3.8, 4) is 0 Å². The second-order valence-corrected chi connectivity index (χ2v) is 6.00. The molecule has 0 heterocycles. The Bertz CT molecular complexity index is 351. The molecule has 0 saturated heterocycles.